The van der Waals surface area contributed by atoms with E-state index in [4.69, 9.17) is 4.74 Å². The summed E-state index contributed by atoms with van der Waals surface area (Å²) in [6.07, 6.45) is 1.95. The molecule has 25 heavy (non-hydrogen) atoms. The van der Waals surface area contributed by atoms with Gasteiger partial charge in [-0.25, -0.2) is 4.98 Å². The van der Waals surface area contributed by atoms with Gasteiger partial charge in [0.25, 0.3) is 5.91 Å². The Balaban J connectivity index is 0.00000156. The number of nitrogens with zero attached hydrogens (tertiary/aromatic N) is 1. The van der Waals surface area contributed by atoms with Gasteiger partial charge in [0, 0.05) is 17.0 Å². The average Bonchev–Trinajstić information content (AvgIpc) is 3.07. The summed E-state index contributed by atoms with van der Waals surface area (Å²) in [7, 11) is 0. The molecule has 0 unspecified atom stereocenters. The van der Waals surface area contributed by atoms with E-state index in [2.05, 4.69) is 15.6 Å². The molecule has 3 rings (SSSR count). The molecule has 8 heteroatoms. The number of amides is 1. The predicted octanol–water partition coefficient (Wildman–Crippen LogP) is 3.53. The molecular weight excluding hydrogens is 381 g/mol. The molecule has 2 aromatic rings. The minimum atomic E-state index is -0.0784. The number of benzene rings is 1. The number of piperidine rings is 1. The zero-order chi connectivity index (χ0) is 16.1. The molecule has 0 aliphatic carbocycles. The highest BCUT2D eigenvalue weighted by Crippen LogP contribution is 2.25. The number of thiazole rings is 1. The zero-order valence-electron chi connectivity index (χ0n) is 14.0. The third-order valence-electron chi connectivity index (χ3n) is 3.82. The standard InChI is InChI=1S/C17H21N3O2S.2ClH/c1-2-22-14-5-3-12(4-6-14)17-20-15(11-23-17)16(21)19-13-7-9-18-10-8-13;;/h3-6,11,13,18H,2,7-10H2,1H3,(H,19,21);2*1H. The quantitative estimate of drug-likeness (QED) is 0.801. The predicted molar refractivity (Wildman–Crippen MR) is 107 cm³/mol. The molecule has 0 bridgehead atoms. The van der Waals surface area contributed by atoms with Gasteiger partial charge in [-0.2, -0.15) is 0 Å². The van der Waals surface area contributed by atoms with Crippen LogP contribution in [0.3, 0.4) is 0 Å². The normalized spacial score (nSPS) is 14.1. The molecule has 1 aromatic heterocycles. The molecule has 0 spiro atoms. The minimum Gasteiger partial charge on any atom is -0.494 e. The first-order valence-corrected chi connectivity index (χ1v) is 8.84. The van der Waals surface area contributed by atoms with E-state index in [1.807, 2.05) is 36.6 Å². The molecule has 0 atom stereocenters. The molecule has 1 saturated heterocycles. The number of rotatable bonds is 5. The maximum atomic E-state index is 12.3. The summed E-state index contributed by atoms with van der Waals surface area (Å²) in [5.74, 6) is 0.766. The Labute approximate surface area is 164 Å². The van der Waals surface area contributed by atoms with E-state index in [0.29, 0.717) is 12.3 Å². The number of halogens is 2. The van der Waals surface area contributed by atoms with Crippen LogP contribution in [-0.4, -0.2) is 36.6 Å². The molecule has 2 N–H and O–H groups in total. The fraction of sp³-hybridized carbons (Fsp3) is 0.412. The monoisotopic (exact) mass is 403 g/mol. The first-order valence-electron chi connectivity index (χ1n) is 7.96. The van der Waals surface area contributed by atoms with Crippen molar-refractivity contribution in [3.8, 4) is 16.3 Å². The van der Waals surface area contributed by atoms with Crippen molar-refractivity contribution in [1.29, 1.82) is 0 Å². The maximum absolute atomic E-state index is 12.3. The first kappa shape index (κ1) is 21.7. The van der Waals surface area contributed by atoms with Crippen LogP contribution in [0, 0.1) is 0 Å². The fourth-order valence-corrected chi connectivity index (χ4v) is 3.40. The van der Waals surface area contributed by atoms with Crippen molar-refractivity contribution in [2.45, 2.75) is 25.8 Å². The van der Waals surface area contributed by atoms with Crippen LogP contribution < -0.4 is 15.4 Å². The largest absolute Gasteiger partial charge is 0.494 e. The second-order valence-corrected chi connectivity index (χ2v) is 6.35. The fourth-order valence-electron chi connectivity index (χ4n) is 2.60. The maximum Gasteiger partial charge on any atom is 0.270 e. The van der Waals surface area contributed by atoms with Gasteiger partial charge < -0.3 is 15.4 Å². The Hall–Kier alpha value is -1.34. The van der Waals surface area contributed by atoms with Gasteiger partial charge in [0.05, 0.1) is 6.61 Å². The summed E-state index contributed by atoms with van der Waals surface area (Å²) in [6, 6.07) is 8.04. The van der Waals surface area contributed by atoms with Crippen LogP contribution in [0.5, 0.6) is 5.75 Å². The van der Waals surface area contributed by atoms with Crippen molar-refractivity contribution in [3.63, 3.8) is 0 Å². The van der Waals surface area contributed by atoms with E-state index < -0.39 is 0 Å². The summed E-state index contributed by atoms with van der Waals surface area (Å²) < 4.78 is 5.44. The second kappa shape index (κ2) is 10.6. The third-order valence-corrected chi connectivity index (χ3v) is 4.71. The second-order valence-electron chi connectivity index (χ2n) is 5.49. The van der Waals surface area contributed by atoms with E-state index in [0.717, 1.165) is 42.3 Å². The summed E-state index contributed by atoms with van der Waals surface area (Å²) in [5, 5.41) is 9.03. The number of carbonyl (C=O) groups is 1. The molecule has 0 radical (unpaired) electrons. The lowest BCUT2D eigenvalue weighted by molar-refractivity contribution is 0.0925. The van der Waals surface area contributed by atoms with E-state index >= 15 is 0 Å². The molecule has 5 nitrogen and oxygen atoms in total. The zero-order valence-corrected chi connectivity index (χ0v) is 16.4. The molecular formula is C17H23Cl2N3O2S. The van der Waals surface area contributed by atoms with Crippen molar-refractivity contribution in [1.82, 2.24) is 15.6 Å². The van der Waals surface area contributed by atoms with E-state index in [1.165, 1.54) is 11.3 Å². The van der Waals surface area contributed by atoms with Crippen LogP contribution in [0.2, 0.25) is 0 Å². The Bertz CT molecular complexity index is 658. The van der Waals surface area contributed by atoms with E-state index in [-0.39, 0.29) is 36.8 Å². The van der Waals surface area contributed by atoms with Crippen LogP contribution >= 0.6 is 36.2 Å². The SMILES string of the molecule is CCOc1ccc(-c2nc(C(=O)NC3CCNCC3)cs2)cc1.Cl.Cl. The first-order chi connectivity index (χ1) is 11.3. The number of carbonyl (C=O) groups excluding carboxylic acids is 1. The Morgan fingerprint density at radius 2 is 1.96 bits per heavy atom. The van der Waals surface area contributed by atoms with Gasteiger partial charge >= 0.3 is 0 Å². The van der Waals surface area contributed by atoms with Crippen LogP contribution in [-0.2, 0) is 0 Å². The van der Waals surface area contributed by atoms with Crippen molar-refractivity contribution >= 4 is 42.1 Å². The average molecular weight is 404 g/mol. The Kier molecular flexibility index (Phi) is 9.21. The number of hydrogen-bond acceptors (Lipinski definition) is 5. The Morgan fingerprint density at radius 1 is 1.28 bits per heavy atom. The summed E-state index contributed by atoms with van der Waals surface area (Å²) in [5.41, 5.74) is 1.50. The van der Waals surface area contributed by atoms with E-state index in [9.17, 15) is 4.79 Å². The van der Waals surface area contributed by atoms with Crippen LogP contribution in [0.1, 0.15) is 30.3 Å². The lowest BCUT2D eigenvalue weighted by Crippen LogP contribution is -2.42. The molecule has 138 valence electrons. The molecule has 2 heterocycles. The van der Waals surface area contributed by atoms with Crippen molar-refractivity contribution in [3.05, 3.63) is 35.3 Å². The number of hydrogen-bond donors (Lipinski definition) is 2. The van der Waals surface area contributed by atoms with Gasteiger partial charge in [-0.3, -0.25) is 4.79 Å². The summed E-state index contributed by atoms with van der Waals surface area (Å²) >= 11 is 1.49. The lowest BCUT2D eigenvalue weighted by Gasteiger charge is -2.23. The highest BCUT2D eigenvalue weighted by atomic mass is 35.5. The summed E-state index contributed by atoms with van der Waals surface area (Å²) in [4.78, 5) is 16.8. The highest BCUT2D eigenvalue weighted by Gasteiger charge is 2.18. The number of nitrogens with one attached hydrogen (secondary N) is 2. The van der Waals surface area contributed by atoms with Gasteiger partial charge in [0.1, 0.15) is 16.5 Å². The van der Waals surface area contributed by atoms with Gasteiger partial charge in [-0.15, -0.1) is 36.2 Å². The van der Waals surface area contributed by atoms with Crippen LogP contribution in [0.15, 0.2) is 29.6 Å². The summed E-state index contributed by atoms with van der Waals surface area (Å²) in [6.45, 7) is 4.53. The van der Waals surface area contributed by atoms with Crippen LogP contribution in [0.4, 0.5) is 0 Å². The molecule has 1 amide bonds. The molecule has 1 aliphatic heterocycles. The number of aromatic nitrogens is 1. The molecule has 1 aliphatic rings. The molecule has 0 saturated carbocycles. The minimum absolute atomic E-state index is 0. The van der Waals surface area contributed by atoms with Crippen LogP contribution in [0.25, 0.3) is 10.6 Å². The molecule has 1 aromatic carbocycles. The van der Waals surface area contributed by atoms with Gasteiger partial charge in [0.15, 0.2) is 0 Å². The van der Waals surface area contributed by atoms with E-state index in [1.54, 1.807) is 0 Å². The van der Waals surface area contributed by atoms with Gasteiger partial charge in [-0.05, 0) is 57.1 Å². The van der Waals surface area contributed by atoms with Gasteiger partial charge in [-0.1, -0.05) is 0 Å². The molecule has 1 fully saturated rings. The third kappa shape index (κ3) is 5.85. The Morgan fingerprint density at radius 3 is 2.60 bits per heavy atom. The van der Waals surface area contributed by atoms with Gasteiger partial charge in [0.2, 0.25) is 0 Å². The highest BCUT2D eigenvalue weighted by molar-refractivity contribution is 7.13. The number of ether oxygens (including phenoxy) is 1. The van der Waals surface area contributed by atoms with Crippen molar-refractivity contribution in [2.75, 3.05) is 19.7 Å². The van der Waals surface area contributed by atoms with Crippen molar-refractivity contribution < 1.29 is 9.53 Å². The van der Waals surface area contributed by atoms with Crippen molar-refractivity contribution in [2.24, 2.45) is 0 Å². The lowest BCUT2D eigenvalue weighted by atomic mass is 10.1. The topological polar surface area (TPSA) is 63.2 Å². The smallest absolute Gasteiger partial charge is 0.270 e.